The summed E-state index contributed by atoms with van der Waals surface area (Å²) in [6.45, 7) is 5.41. The normalized spacial score (nSPS) is 23.1. The van der Waals surface area contributed by atoms with Crippen LogP contribution in [0.4, 0.5) is 10.1 Å². The Labute approximate surface area is 113 Å². The number of carbonyl (C=O) groups excluding carboxylic acids is 1. The summed E-state index contributed by atoms with van der Waals surface area (Å²) in [6, 6.07) is 6.27. The molecule has 0 atom stereocenters. The molecule has 1 aliphatic heterocycles. The Morgan fingerprint density at radius 1 is 1.37 bits per heavy atom. The van der Waals surface area contributed by atoms with Gasteiger partial charge < -0.3 is 10.2 Å². The molecule has 1 aromatic carbocycles. The van der Waals surface area contributed by atoms with Crippen LogP contribution in [0.1, 0.15) is 26.2 Å². The number of benzene rings is 1. The van der Waals surface area contributed by atoms with Crippen LogP contribution in [0.5, 0.6) is 0 Å². The molecule has 1 aromatic rings. The van der Waals surface area contributed by atoms with Gasteiger partial charge in [-0.2, -0.15) is 0 Å². The van der Waals surface area contributed by atoms with Gasteiger partial charge >= 0.3 is 0 Å². The highest BCUT2D eigenvalue weighted by Gasteiger charge is 2.19. The first-order chi connectivity index (χ1) is 9.15. The summed E-state index contributed by atoms with van der Waals surface area (Å²) in [7, 11) is 0. The number of para-hydroxylation sites is 1. The predicted molar refractivity (Wildman–Crippen MR) is 73.6 cm³/mol. The van der Waals surface area contributed by atoms with Gasteiger partial charge in [0.1, 0.15) is 5.82 Å². The third kappa shape index (κ3) is 4.31. The van der Waals surface area contributed by atoms with Crippen LogP contribution in [0.25, 0.3) is 0 Å². The van der Waals surface area contributed by atoms with E-state index in [0.29, 0.717) is 6.42 Å². The molecule has 2 rings (SSSR count). The number of hydrogen-bond acceptors (Lipinski definition) is 1. The Balaban J connectivity index is 1.74. The van der Waals surface area contributed by atoms with E-state index in [-0.39, 0.29) is 17.4 Å². The molecule has 0 aliphatic carbocycles. The summed E-state index contributed by atoms with van der Waals surface area (Å²) in [4.78, 5) is 13.3. The van der Waals surface area contributed by atoms with Crippen molar-refractivity contribution in [3.05, 3.63) is 30.1 Å². The summed E-state index contributed by atoms with van der Waals surface area (Å²) in [5, 5.41) is 2.63. The summed E-state index contributed by atoms with van der Waals surface area (Å²) in [5.41, 5.74) is 0.273. The van der Waals surface area contributed by atoms with Gasteiger partial charge in [0.25, 0.3) is 0 Å². The van der Waals surface area contributed by atoms with Crippen molar-refractivity contribution >= 4 is 11.6 Å². The zero-order chi connectivity index (χ0) is 13.7. The lowest BCUT2D eigenvalue weighted by Crippen LogP contribution is -3.13. The largest absolute Gasteiger partial charge is 0.334 e. The quantitative estimate of drug-likeness (QED) is 0.849. The van der Waals surface area contributed by atoms with Crippen LogP contribution in [0.2, 0.25) is 0 Å². The molecule has 1 saturated heterocycles. The highest BCUT2D eigenvalue weighted by Crippen LogP contribution is 2.12. The second kappa shape index (κ2) is 6.66. The molecular formula is C15H22FN2O+. The Morgan fingerprint density at radius 3 is 2.74 bits per heavy atom. The van der Waals surface area contributed by atoms with Crippen molar-refractivity contribution in [2.24, 2.45) is 5.92 Å². The molecule has 0 bridgehead atoms. The molecule has 0 aromatic heterocycles. The highest BCUT2D eigenvalue weighted by atomic mass is 19.1. The number of piperidine rings is 1. The Morgan fingerprint density at radius 2 is 2.05 bits per heavy atom. The molecule has 1 fully saturated rings. The number of anilines is 1. The van der Waals surface area contributed by atoms with Gasteiger partial charge in [-0.1, -0.05) is 19.1 Å². The number of quaternary nitrogens is 1. The Hall–Kier alpha value is -1.42. The van der Waals surface area contributed by atoms with Crippen LogP contribution in [0.15, 0.2) is 24.3 Å². The van der Waals surface area contributed by atoms with Crippen LogP contribution in [-0.2, 0) is 4.79 Å². The maximum Gasteiger partial charge on any atom is 0.230 e. The van der Waals surface area contributed by atoms with E-state index in [9.17, 15) is 9.18 Å². The maximum atomic E-state index is 13.4. The lowest BCUT2D eigenvalue weighted by atomic mass is 9.99. The van der Waals surface area contributed by atoms with Crippen LogP contribution < -0.4 is 10.2 Å². The van der Waals surface area contributed by atoms with Gasteiger partial charge in [-0.05, 0) is 30.9 Å². The number of hydrogen-bond donors (Lipinski definition) is 2. The number of nitrogens with one attached hydrogen (secondary N) is 2. The molecular weight excluding hydrogens is 243 g/mol. The predicted octanol–water partition coefficient (Wildman–Crippen LogP) is 1.47. The highest BCUT2D eigenvalue weighted by molar-refractivity contribution is 5.90. The molecule has 1 aliphatic rings. The topological polar surface area (TPSA) is 33.5 Å². The first-order valence-electron chi connectivity index (χ1n) is 7.03. The first-order valence-corrected chi connectivity index (χ1v) is 7.03. The van der Waals surface area contributed by atoms with Crippen LogP contribution in [0, 0.1) is 11.7 Å². The van der Waals surface area contributed by atoms with Gasteiger partial charge in [-0.3, -0.25) is 4.79 Å². The molecule has 3 nitrogen and oxygen atoms in total. The third-order valence-electron chi connectivity index (χ3n) is 3.83. The van der Waals surface area contributed by atoms with Gasteiger partial charge in [0, 0.05) is 0 Å². The van der Waals surface area contributed by atoms with Crippen molar-refractivity contribution in [1.29, 1.82) is 0 Å². The van der Waals surface area contributed by atoms with Crippen molar-refractivity contribution in [2.75, 3.05) is 25.0 Å². The molecule has 0 spiro atoms. The number of likely N-dealkylation sites (tertiary alicyclic amines) is 1. The smallest absolute Gasteiger partial charge is 0.230 e. The van der Waals surface area contributed by atoms with Crippen LogP contribution >= 0.6 is 0 Å². The minimum absolute atomic E-state index is 0.101. The number of carbonyl (C=O) groups is 1. The summed E-state index contributed by atoms with van der Waals surface area (Å²) >= 11 is 0. The molecule has 0 unspecified atom stereocenters. The minimum atomic E-state index is -0.380. The van der Waals surface area contributed by atoms with Gasteiger partial charge in [0.15, 0.2) is 0 Å². The number of halogens is 1. The van der Waals surface area contributed by atoms with E-state index in [1.165, 1.54) is 23.8 Å². The van der Waals surface area contributed by atoms with Crippen molar-refractivity contribution in [1.82, 2.24) is 0 Å². The van der Waals surface area contributed by atoms with E-state index in [1.54, 1.807) is 18.2 Å². The lowest BCUT2D eigenvalue weighted by Gasteiger charge is -2.27. The van der Waals surface area contributed by atoms with E-state index in [4.69, 9.17) is 0 Å². The van der Waals surface area contributed by atoms with Gasteiger partial charge in [0.2, 0.25) is 5.91 Å². The Bertz CT molecular complexity index is 428. The zero-order valence-electron chi connectivity index (χ0n) is 11.4. The van der Waals surface area contributed by atoms with E-state index >= 15 is 0 Å². The van der Waals surface area contributed by atoms with E-state index in [1.807, 2.05) is 0 Å². The van der Waals surface area contributed by atoms with Crippen molar-refractivity contribution in [3.8, 4) is 0 Å². The van der Waals surface area contributed by atoms with Gasteiger partial charge in [-0.15, -0.1) is 0 Å². The number of amides is 1. The van der Waals surface area contributed by atoms with Crippen molar-refractivity contribution in [3.63, 3.8) is 0 Å². The average Bonchev–Trinajstić information content (AvgIpc) is 2.41. The van der Waals surface area contributed by atoms with Crippen LogP contribution in [-0.4, -0.2) is 25.5 Å². The lowest BCUT2D eigenvalue weighted by molar-refractivity contribution is -0.905. The van der Waals surface area contributed by atoms with Crippen molar-refractivity contribution < 1.29 is 14.1 Å². The van der Waals surface area contributed by atoms with Gasteiger partial charge in [-0.25, -0.2) is 4.39 Å². The maximum absolute atomic E-state index is 13.4. The van der Waals surface area contributed by atoms with E-state index < -0.39 is 0 Å². The van der Waals surface area contributed by atoms with E-state index in [2.05, 4.69) is 12.2 Å². The summed E-state index contributed by atoms with van der Waals surface area (Å²) in [6.07, 6.45) is 2.94. The molecule has 0 saturated carbocycles. The minimum Gasteiger partial charge on any atom is -0.334 e. The standard InChI is InChI=1S/C15H21FN2O/c1-12-6-9-18(10-7-12)11-8-15(19)17-14-5-3-2-4-13(14)16/h2-5,12H,6-11H2,1H3,(H,17,19)/p+1. The average molecular weight is 265 g/mol. The van der Waals surface area contributed by atoms with E-state index in [0.717, 1.165) is 25.6 Å². The zero-order valence-corrected chi connectivity index (χ0v) is 11.4. The molecule has 1 amide bonds. The fourth-order valence-corrected chi connectivity index (χ4v) is 2.49. The SMILES string of the molecule is CC1CC[NH+](CCC(=O)Nc2ccccc2F)CC1. The fraction of sp³-hybridized carbons (Fsp3) is 0.533. The first kappa shape index (κ1) is 14.0. The molecule has 104 valence electrons. The summed E-state index contributed by atoms with van der Waals surface area (Å²) in [5.74, 6) is 0.335. The molecule has 4 heteroatoms. The molecule has 2 N–H and O–H groups in total. The molecule has 1 heterocycles. The second-order valence-electron chi connectivity index (χ2n) is 5.46. The Kier molecular flexibility index (Phi) is 4.91. The second-order valence-corrected chi connectivity index (χ2v) is 5.46. The van der Waals surface area contributed by atoms with Gasteiger partial charge in [0.05, 0.1) is 31.7 Å². The fourth-order valence-electron chi connectivity index (χ4n) is 2.49. The number of rotatable bonds is 4. The third-order valence-corrected chi connectivity index (χ3v) is 3.83. The van der Waals surface area contributed by atoms with Crippen molar-refractivity contribution in [2.45, 2.75) is 26.2 Å². The summed E-state index contributed by atoms with van der Waals surface area (Å²) < 4.78 is 13.4. The molecule has 19 heavy (non-hydrogen) atoms. The monoisotopic (exact) mass is 265 g/mol. The van der Waals surface area contributed by atoms with Crippen LogP contribution in [0.3, 0.4) is 0 Å². The molecule has 0 radical (unpaired) electrons.